The van der Waals surface area contributed by atoms with Gasteiger partial charge in [0.1, 0.15) is 0 Å². The lowest BCUT2D eigenvalue weighted by Gasteiger charge is -2.20. The molecule has 0 unspecified atom stereocenters. The molecule has 0 bridgehead atoms. The van der Waals surface area contributed by atoms with Gasteiger partial charge in [0.2, 0.25) is 0 Å². The van der Waals surface area contributed by atoms with E-state index in [1.54, 1.807) is 4.90 Å². The highest BCUT2D eigenvalue weighted by Crippen LogP contribution is 2.38. The second kappa shape index (κ2) is 9.91. The van der Waals surface area contributed by atoms with E-state index in [9.17, 15) is 4.79 Å². The monoisotopic (exact) mass is 505 g/mol. The number of aryl methyl sites for hydroxylation is 1. The average Bonchev–Trinajstić information content (AvgIpc) is 3.34. The van der Waals surface area contributed by atoms with Crippen LogP contribution in [0.25, 0.3) is 11.8 Å². The fourth-order valence-corrected chi connectivity index (χ4v) is 5.54. The molecule has 0 atom stereocenters. The van der Waals surface area contributed by atoms with Crippen LogP contribution in [0.15, 0.2) is 101 Å². The summed E-state index contributed by atoms with van der Waals surface area (Å²) in [4.78, 5) is 20.8. The van der Waals surface area contributed by atoms with Gasteiger partial charge in [0.05, 0.1) is 16.3 Å². The Hall–Kier alpha value is -3.83. The molecule has 2 heterocycles. The molecule has 0 N–H and O–H groups in total. The van der Waals surface area contributed by atoms with Crippen LogP contribution in [0, 0.1) is 13.8 Å². The summed E-state index contributed by atoms with van der Waals surface area (Å²) >= 11 is 1.41. The highest BCUT2D eigenvalue weighted by Gasteiger charge is 2.35. The summed E-state index contributed by atoms with van der Waals surface area (Å²) in [5.74, 6) is -0.0646. The number of carbonyl (C=O) groups is 1. The molecule has 1 amide bonds. The second-order valence-corrected chi connectivity index (χ2v) is 11.3. The molecular formula is C32H31N3OS. The lowest BCUT2D eigenvalue weighted by molar-refractivity contribution is -0.113. The highest BCUT2D eigenvalue weighted by molar-refractivity contribution is 8.19. The van der Waals surface area contributed by atoms with Crippen molar-refractivity contribution < 1.29 is 4.79 Å². The van der Waals surface area contributed by atoms with Crippen LogP contribution >= 0.6 is 11.8 Å². The van der Waals surface area contributed by atoms with Gasteiger partial charge in [0, 0.05) is 17.1 Å². The Morgan fingerprint density at radius 1 is 0.811 bits per heavy atom. The van der Waals surface area contributed by atoms with Gasteiger partial charge in [-0.25, -0.2) is 4.99 Å². The van der Waals surface area contributed by atoms with E-state index in [1.165, 1.54) is 17.3 Å². The van der Waals surface area contributed by atoms with E-state index >= 15 is 0 Å². The lowest BCUT2D eigenvalue weighted by atomic mass is 9.87. The van der Waals surface area contributed by atoms with Gasteiger partial charge in [-0.2, -0.15) is 0 Å². The Balaban J connectivity index is 1.53. The minimum Gasteiger partial charge on any atom is -0.318 e. The average molecular weight is 506 g/mol. The van der Waals surface area contributed by atoms with Crippen LogP contribution < -0.4 is 4.90 Å². The number of aliphatic imine (C=N–C) groups is 1. The highest BCUT2D eigenvalue weighted by atomic mass is 32.2. The maximum absolute atomic E-state index is 13.7. The molecule has 4 nitrogen and oxygen atoms in total. The van der Waals surface area contributed by atoms with Crippen LogP contribution in [0.2, 0.25) is 0 Å². The summed E-state index contributed by atoms with van der Waals surface area (Å²) in [6.45, 7) is 10.9. The third kappa shape index (κ3) is 5.05. The first-order valence-electron chi connectivity index (χ1n) is 12.4. The Labute approximate surface area is 223 Å². The first-order valence-corrected chi connectivity index (χ1v) is 13.3. The van der Waals surface area contributed by atoms with Crippen LogP contribution in [0.1, 0.15) is 43.3 Å². The molecule has 1 aliphatic rings. The third-order valence-electron chi connectivity index (χ3n) is 6.55. The standard InChI is InChI=1S/C32H31N3OS/c1-22-20-24(23(2)34(22)28-18-16-25(17-19-28)32(3,4)5)21-29-30(36)35(27-14-10-7-11-15-27)31(37-29)33-26-12-8-6-9-13-26/h6-21H,1-5H3/b29-21-,33-31?. The number of hydrogen-bond acceptors (Lipinski definition) is 3. The maximum Gasteiger partial charge on any atom is 0.271 e. The number of nitrogens with zero attached hydrogens (tertiary/aromatic N) is 3. The van der Waals surface area contributed by atoms with E-state index in [4.69, 9.17) is 4.99 Å². The van der Waals surface area contributed by atoms with E-state index in [1.807, 2.05) is 66.7 Å². The summed E-state index contributed by atoms with van der Waals surface area (Å²) in [6, 6.07) is 30.4. The second-order valence-electron chi connectivity index (χ2n) is 10.3. The van der Waals surface area contributed by atoms with Crippen LogP contribution in [-0.2, 0) is 10.2 Å². The molecular weight excluding hydrogens is 474 g/mol. The zero-order valence-corrected chi connectivity index (χ0v) is 22.7. The largest absolute Gasteiger partial charge is 0.318 e. The van der Waals surface area contributed by atoms with Crippen LogP contribution in [0.5, 0.6) is 0 Å². The zero-order chi connectivity index (χ0) is 26.2. The SMILES string of the molecule is Cc1cc(/C=C2\SC(=Nc3ccccc3)N(c3ccccc3)C2=O)c(C)n1-c1ccc(C(C)(C)C)cc1. The molecule has 1 saturated heterocycles. The zero-order valence-electron chi connectivity index (χ0n) is 21.9. The van der Waals surface area contributed by atoms with Gasteiger partial charge in [0.15, 0.2) is 5.17 Å². The van der Waals surface area contributed by atoms with Crippen LogP contribution in [0.3, 0.4) is 0 Å². The molecule has 4 aromatic rings. The van der Waals surface area contributed by atoms with Crippen molar-refractivity contribution >= 4 is 40.3 Å². The number of anilines is 1. The molecule has 37 heavy (non-hydrogen) atoms. The molecule has 3 aromatic carbocycles. The van der Waals surface area contributed by atoms with Crippen molar-refractivity contribution in [3.63, 3.8) is 0 Å². The number of para-hydroxylation sites is 2. The number of benzene rings is 3. The minimum atomic E-state index is -0.0646. The molecule has 1 aliphatic heterocycles. The Kier molecular flexibility index (Phi) is 6.65. The van der Waals surface area contributed by atoms with Crippen molar-refractivity contribution in [2.24, 2.45) is 4.99 Å². The molecule has 5 rings (SSSR count). The number of aromatic nitrogens is 1. The molecule has 0 aliphatic carbocycles. The molecule has 186 valence electrons. The quantitative estimate of drug-likeness (QED) is 0.262. The number of carbonyl (C=O) groups excluding carboxylic acids is 1. The normalized spacial score (nSPS) is 16.2. The smallest absolute Gasteiger partial charge is 0.271 e. The number of thioether (sulfide) groups is 1. The summed E-state index contributed by atoms with van der Waals surface area (Å²) in [5.41, 5.74) is 7.42. The molecule has 1 fully saturated rings. The van der Waals surface area contributed by atoms with Crippen molar-refractivity contribution in [1.82, 2.24) is 4.57 Å². The van der Waals surface area contributed by atoms with Gasteiger partial charge in [-0.3, -0.25) is 9.69 Å². The van der Waals surface area contributed by atoms with Gasteiger partial charge < -0.3 is 4.57 Å². The minimum absolute atomic E-state index is 0.0646. The molecule has 0 spiro atoms. The molecule has 0 radical (unpaired) electrons. The predicted octanol–water partition coefficient (Wildman–Crippen LogP) is 8.20. The number of amides is 1. The van der Waals surface area contributed by atoms with E-state index in [2.05, 4.69) is 69.5 Å². The number of rotatable bonds is 4. The Morgan fingerprint density at radius 3 is 2.05 bits per heavy atom. The van der Waals surface area contributed by atoms with Crippen LogP contribution in [0.4, 0.5) is 11.4 Å². The first kappa shape index (κ1) is 24.8. The maximum atomic E-state index is 13.7. The topological polar surface area (TPSA) is 37.6 Å². The van der Waals surface area contributed by atoms with Gasteiger partial charge >= 0.3 is 0 Å². The van der Waals surface area contributed by atoms with Gasteiger partial charge in [-0.1, -0.05) is 69.3 Å². The van der Waals surface area contributed by atoms with E-state index in [-0.39, 0.29) is 11.3 Å². The number of hydrogen-bond donors (Lipinski definition) is 0. The van der Waals surface area contributed by atoms with Crippen molar-refractivity contribution in [3.05, 3.63) is 118 Å². The van der Waals surface area contributed by atoms with E-state index < -0.39 is 0 Å². The van der Waals surface area contributed by atoms with Gasteiger partial charge in [-0.05, 0) is 90.7 Å². The fraction of sp³-hybridized carbons (Fsp3) is 0.188. The Bertz CT molecular complexity index is 1490. The van der Waals surface area contributed by atoms with E-state index in [0.717, 1.165) is 34.0 Å². The summed E-state index contributed by atoms with van der Waals surface area (Å²) < 4.78 is 2.25. The van der Waals surface area contributed by atoms with Crippen LogP contribution in [-0.4, -0.2) is 15.6 Å². The third-order valence-corrected chi connectivity index (χ3v) is 7.52. The van der Waals surface area contributed by atoms with Gasteiger partial charge in [0.25, 0.3) is 5.91 Å². The summed E-state index contributed by atoms with van der Waals surface area (Å²) in [5, 5.41) is 0.653. The molecule has 0 saturated carbocycles. The number of amidine groups is 1. The van der Waals surface area contributed by atoms with Crippen molar-refractivity contribution in [2.45, 2.75) is 40.0 Å². The molecule has 1 aromatic heterocycles. The summed E-state index contributed by atoms with van der Waals surface area (Å²) in [7, 11) is 0. The summed E-state index contributed by atoms with van der Waals surface area (Å²) in [6.07, 6.45) is 2.00. The van der Waals surface area contributed by atoms with E-state index in [0.29, 0.717) is 10.1 Å². The Morgan fingerprint density at radius 2 is 1.43 bits per heavy atom. The lowest BCUT2D eigenvalue weighted by Crippen LogP contribution is -2.28. The predicted molar refractivity (Wildman–Crippen MR) is 157 cm³/mol. The van der Waals surface area contributed by atoms with Gasteiger partial charge in [-0.15, -0.1) is 0 Å². The van der Waals surface area contributed by atoms with Crippen molar-refractivity contribution in [2.75, 3.05) is 4.90 Å². The van der Waals surface area contributed by atoms with Crippen molar-refractivity contribution in [1.29, 1.82) is 0 Å². The fourth-order valence-electron chi connectivity index (χ4n) is 4.55. The molecule has 5 heteroatoms. The van der Waals surface area contributed by atoms with Crippen molar-refractivity contribution in [3.8, 4) is 5.69 Å². The first-order chi connectivity index (χ1) is 17.7.